The number of nitrogens with zero attached hydrogens (tertiary/aromatic N) is 6. The van der Waals surface area contributed by atoms with Crippen LogP contribution in [0.5, 0.6) is 0 Å². The minimum Gasteiger partial charge on any atom is -0.229 e. The summed E-state index contributed by atoms with van der Waals surface area (Å²) in [4.78, 5) is 0. The van der Waals surface area contributed by atoms with E-state index in [0.29, 0.717) is 5.75 Å². The van der Waals surface area contributed by atoms with E-state index >= 15 is 0 Å². The largest absolute Gasteiger partial charge is 0.229 e. The number of benzene rings is 1. The first-order valence-electron chi connectivity index (χ1n) is 6.96. The van der Waals surface area contributed by atoms with Crippen LogP contribution >= 0.6 is 11.8 Å². The molecular weight excluding hydrogens is 284 g/mol. The molecule has 0 bridgehead atoms. The maximum Gasteiger partial charge on any atom is 0.161 e. The lowest BCUT2D eigenvalue weighted by molar-refractivity contribution is 0.540. The molecule has 0 aliphatic carbocycles. The number of aryl methyl sites for hydroxylation is 1. The zero-order chi connectivity index (χ0) is 14.5. The Morgan fingerprint density at radius 2 is 2.10 bits per heavy atom. The highest BCUT2D eigenvalue weighted by atomic mass is 32.2. The third kappa shape index (κ3) is 3.18. The molecule has 3 aromatic rings. The maximum absolute atomic E-state index is 4.23. The van der Waals surface area contributed by atoms with Crippen molar-refractivity contribution >= 4 is 22.5 Å². The van der Waals surface area contributed by atoms with Gasteiger partial charge in [0.1, 0.15) is 5.03 Å². The second kappa shape index (κ2) is 6.62. The SMILES string of the molecule is CCCCn1nnnc1CSc1nncc2ccccc12. The van der Waals surface area contributed by atoms with Crippen molar-refractivity contribution in [1.29, 1.82) is 0 Å². The van der Waals surface area contributed by atoms with Crippen LogP contribution in [-0.4, -0.2) is 30.4 Å². The normalized spacial score (nSPS) is 11.1. The molecule has 0 spiro atoms. The Morgan fingerprint density at radius 3 is 3.00 bits per heavy atom. The average molecular weight is 300 g/mol. The Hall–Kier alpha value is -2.02. The average Bonchev–Trinajstić information content (AvgIpc) is 2.98. The molecule has 0 aliphatic heterocycles. The molecular formula is C14H16N6S. The van der Waals surface area contributed by atoms with E-state index in [1.54, 1.807) is 18.0 Å². The molecule has 0 N–H and O–H groups in total. The second-order valence-electron chi connectivity index (χ2n) is 4.70. The van der Waals surface area contributed by atoms with Gasteiger partial charge in [-0.15, -0.1) is 10.2 Å². The summed E-state index contributed by atoms with van der Waals surface area (Å²) < 4.78 is 1.87. The Bertz CT molecular complexity index is 721. The predicted molar refractivity (Wildman–Crippen MR) is 81.8 cm³/mol. The maximum atomic E-state index is 4.23. The number of thioether (sulfide) groups is 1. The van der Waals surface area contributed by atoms with Crippen LogP contribution < -0.4 is 0 Å². The minimum absolute atomic E-state index is 0.694. The van der Waals surface area contributed by atoms with Crippen LogP contribution in [0.4, 0.5) is 0 Å². The van der Waals surface area contributed by atoms with Gasteiger partial charge in [-0.2, -0.15) is 5.10 Å². The van der Waals surface area contributed by atoms with Gasteiger partial charge in [0.2, 0.25) is 0 Å². The number of fused-ring (bicyclic) bond motifs is 1. The smallest absolute Gasteiger partial charge is 0.161 e. The summed E-state index contributed by atoms with van der Waals surface area (Å²) in [6, 6.07) is 8.12. The van der Waals surface area contributed by atoms with Gasteiger partial charge in [0, 0.05) is 17.3 Å². The van der Waals surface area contributed by atoms with Gasteiger partial charge in [-0.1, -0.05) is 49.4 Å². The fourth-order valence-electron chi connectivity index (χ4n) is 2.05. The van der Waals surface area contributed by atoms with E-state index < -0.39 is 0 Å². The van der Waals surface area contributed by atoms with Crippen molar-refractivity contribution in [3.8, 4) is 0 Å². The van der Waals surface area contributed by atoms with Gasteiger partial charge in [-0.3, -0.25) is 0 Å². The van der Waals surface area contributed by atoms with Gasteiger partial charge in [0.25, 0.3) is 0 Å². The van der Waals surface area contributed by atoms with E-state index in [9.17, 15) is 0 Å². The van der Waals surface area contributed by atoms with Crippen LogP contribution in [0, 0.1) is 0 Å². The first kappa shape index (κ1) is 13.9. The molecule has 0 unspecified atom stereocenters. The third-order valence-electron chi connectivity index (χ3n) is 3.20. The molecule has 2 aromatic heterocycles. The van der Waals surface area contributed by atoms with Crippen LogP contribution in [0.3, 0.4) is 0 Å². The Kier molecular flexibility index (Phi) is 4.40. The number of rotatable bonds is 6. The number of hydrogen-bond donors (Lipinski definition) is 0. The molecule has 1 aromatic carbocycles. The summed E-state index contributed by atoms with van der Waals surface area (Å²) in [5.74, 6) is 1.57. The summed E-state index contributed by atoms with van der Waals surface area (Å²) in [5.41, 5.74) is 0. The predicted octanol–water partition coefficient (Wildman–Crippen LogP) is 2.71. The molecule has 7 heteroatoms. The molecule has 0 saturated heterocycles. The van der Waals surface area contributed by atoms with Gasteiger partial charge < -0.3 is 0 Å². The molecule has 108 valence electrons. The highest BCUT2D eigenvalue weighted by Crippen LogP contribution is 2.26. The Labute approximate surface area is 127 Å². The number of hydrogen-bond acceptors (Lipinski definition) is 6. The van der Waals surface area contributed by atoms with Gasteiger partial charge in [-0.05, 0) is 16.8 Å². The highest BCUT2D eigenvalue weighted by Gasteiger charge is 2.09. The molecule has 0 saturated carbocycles. The molecule has 0 aliphatic rings. The van der Waals surface area contributed by atoms with Gasteiger partial charge >= 0.3 is 0 Å². The lowest BCUT2D eigenvalue weighted by Gasteiger charge is -2.05. The summed E-state index contributed by atoms with van der Waals surface area (Å²) in [5, 5.41) is 23.3. The Morgan fingerprint density at radius 1 is 1.19 bits per heavy atom. The molecule has 0 fully saturated rings. The zero-order valence-corrected chi connectivity index (χ0v) is 12.6. The molecule has 0 radical (unpaired) electrons. The Balaban J connectivity index is 1.76. The number of tetrazole rings is 1. The second-order valence-corrected chi connectivity index (χ2v) is 5.66. The summed E-state index contributed by atoms with van der Waals surface area (Å²) >= 11 is 1.62. The monoisotopic (exact) mass is 300 g/mol. The van der Waals surface area contributed by atoms with Crippen molar-refractivity contribution in [2.45, 2.75) is 37.1 Å². The molecule has 21 heavy (non-hydrogen) atoms. The van der Waals surface area contributed by atoms with Crippen molar-refractivity contribution in [3.63, 3.8) is 0 Å². The standard InChI is InChI=1S/C14H16N6S/c1-2-3-8-20-13(16-18-19-20)10-21-14-12-7-5-4-6-11(12)9-15-17-14/h4-7,9H,2-3,8,10H2,1H3. The molecule has 6 nitrogen and oxygen atoms in total. The van der Waals surface area contributed by atoms with E-state index in [2.05, 4.69) is 38.7 Å². The van der Waals surface area contributed by atoms with Crippen LogP contribution in [0.2, 0.25) is 0 Å². The van der Waals surface area contributed by atoms with Gasteiger partial charge in [0.05, 0.1) is 11.9 Å². The van der Waals surface area contributed by atoms with Crippen molar-refractivity contribution in [3.05, 3.63) is 36.3 Å². The van der Waals surface area contributed by atoms with E-state index in [4.69, 9.17) is 0 Å². The van der Waals surface area contributed by atoms with E-state index in [1.165, 1.54) is 0 Å². The fraction of sp³-hybridized carbons (Fsp3) is 0.357. The fourth-order valence-corrected chi connectivity index (χ4v) is 2.97. The van der Waals surface area contributed by atoms with Crippen molar-refractivity contribution in [2.24, 2.45) is 0 Å². The molecule has 2 heterocycles. The lowest BCUT2D eigenvalue weighted by atomic mass is 10.2. The first-order valence-corrected chi connectivity index (χ1v) is 7.95. The van der Waals surface area contributed by atoms with Crippen LogP contribution in [0.1, 0.15) is 25.6 Å². The number of unbranched alkanes of at least 4 members (excludes halogenated alkanes) is 1. The minimum atomic E-state index is 0.694. The van der Waals surface area contributed by atoms with Crippen LogP contribution in [0.15, 0.2) is 35.5 Å². The summed E-state index contributed by atoms with van der Waals surface area (Å²) in [6.07, 6.45) is 3.99. The van der Waals surface area contributed by atoms with Crippen molar-refractivity contribution in [2.75, 3.05) is 0 Å². The molecule has 0 amide bonds. The quantitative estimate of drug-likeness (QED) is 0.652. The number of aromatic nitrogens is 6. The topological polar surface area (TPSA) is 69.4 Å². The van der Waals surface area contributed by atoms with E-state index in [0.717, 1.165) is 41.0 Å². The highest BCUT2D eigenvalue weighted by molar-refractivity contribution is 7.98. The van der Waals surface area contributed by atoms with Crippen LogP contribution in [0.25, 0.3) is 10.8 Å². The van der Waals surface area contributed by atoms with E-state index in [1.807, 2.05) is 22.9 Å². The first-order chi connectivity index (χ1) is 10.4. The van der Waals surface area contributed by atoms with E-state index in [-0.39, 0.29) is 0 Å². The van der Waals surface area contributed by atoms with Crippen molar-refractivity contribution in [1.82, 2.24) is 30.4 Å². The van der Waals surface area contributed by atoms with Gasteiger partial charge in [-0.25, -0.2) is 4.68 Å². The summed E-state index contributed by atoms with van der Waals surface area (Å²) in [6.45, 7) is 3.02. The van der Waals surface area contributed by atoms with Crippen LogP contribution in [-0.2, 0) is 12.3 Å². The lowest BCUT2D eigenvalue weighted by Crippen LogP contribution is -2.05. The van der Waals surface area contributed by atoms with Gasteiger partial charge in [0.15, 0.2) is 5.82 Å². The summed E-state index contributed by atoms with van der Waals surface area (Å²) in [7, 11) is 0. The molecule has 0 atom stereocenters. The zero-order valence-electron chi connectivity index (χ0n) is 11.8. The van der Waals surface area contributed by atoms with Crippen molar-refractivity contribution < 1.29 is 0 Å². The third-order valence-corrected chi connectivity index (χ3v) is 4.18. The molecule has 3 rings (SSSR count).